The van der Waals surface area contributed by atoms with Crippen molar-refractivity contribution in [2.24, 2.45) is 0 Å². The van der Waals surface area contributed by atoms with Crippen LogP contribution in [0.1, 0.15) is 4.88 Å². The second kappa shape index (κ2) is 7.03. The molecule has 2 rings (SSSR count). The molecule has 0 N–H and O–H groups in total. The van der Waals surface area contributed by atoms with E-state index >= 15 is 0 Å². The molecule has 0 spiro atoms. The number of hydrogen-bond donors (Lipinski definition) is 0. The first-order valence-corrected chi connectivity index (χ1v) is 7.61. The summed E-state index contributed by atoms with van der Waals surface area (Å²) in [5, 5.41) is 2.07. The summed E-state index contributed by atoms with van der Waals surface area (Å²) in [5.74, 6) is 0.305. The lowest BCUT2D eigenvalue weighted by atomic mass is 10.3. The number of ether oxygens (including phenoxy) is 1. The highest BCUT2D eigenvalue weighted by atomic mass is 79.9. The maximum atomic E-state index is 13.0. The predicted molar refractivity (Wildman–Crippen MR) is 80.2 cm³/mol. The normalized spacial score (nSPS) is 10.9. The second-order valence-corrected chi connectivity index (χ2v) is 6.09. The standard InChI is InChI=1S/C14H15BrFNOS/c1-17(10-14-13(15)5-8-19-14)6-7-18-12-4-2-3-11(16)9-12/h2-5,8-9H,6-7,10H2,1H3. The van der Waals surface area contributed by atoms with Gasteiger partial charge >= 0.3 is 0 Å². The van der Waals surface area contributed by atoms with E-state index in [9.17, 15) is 4.39 Å². The van der Waals surface area contributed by atoms with E-state index in [-0.39, 0.29) is 5.82 Å². The van der Waals surface area contributed by atoms with Crippen LogP contribution < -0.4 is 4.74 Å². The van der Waals surface area contributed by atoms with Crippen LogP contribution in [0.15, 0.2) is 40.2 Å². The molecular formula is C14H15BrFNOS. The molecule has 2 aromatic rings. The van der Waals surface area contributed by atoms with Gasteiger partial charge in [-0.3, -0.25) is 4.90 Å². The first-order chi connectivity index (χ1) is 9.15. The summed E-state index contributed by atoms with van der Waals surface area (Å²) in [6.07, 6.45) is 0. The van der Waals surface area contributed by atoms with Crippen LogP contribution >= 0.6 is 27.3 Å². The molecule has 0 aliphatic carbocycles. The molecule has 1 heterocycles. The van der Waals surface area contributed by atoms with Gasteiger partial charge in [0.1, 0.15) is 18.2 Å². The smallest absolute Gasteiger partial charge is 0.126 e. The Morgan fingerprint density at radius 2 is 2.21 bits per heavy atom. The molecule has 0 aliphatic heterocycles. The number of rotatable bonds is 6. The van der Waals surface area contributed by atoms with Crippen molar-refractivity contribution < 1.29 is 9.13 Å². The van der Waals surface area contributed by atoms with Crippen molar-refractivity contribution in [3.8, 4) is 5.75 Å². The van der Waals surface area contributed by atoms with Crippen LogP contribution in [0.2, 0.25) is 0 Å². The number of nitrogens with zero attached hydrogens (tertiary/aromatic N) is 1. The van der Waals surface area contributed by atoms with Crippen molar-refractivity contribution in [1.82, 2.24) is 4.90 Å². The van der Waals surface area contributed by atoms with Gasteiger partial charge in [-0.2, -0.15) is 0 Å². The second-order valence-electron chi connectivity index (χ2n) is 4.24. The summed E-state index contributed by atoms with van der Waals surface area (Å²) in [7, 11) is 2.04. The maximum absolute atomic E-state index is 13.0. The minimum absolute atomic E-state index is 0.270. The molecule has 0 saturated heterocycles. The highest BCUT2D eigenvalue weighted by molar-refractivity contribution is 9.10. The van der Waals surface area contributed by atoms with E-state index in [4.69, 9.17) is 4.74 Å². The first kappa shape index (κ1) is 14.5. The Morgan fingerprint density at radius 1 is 1.37 bits per heavy atom. The van der Waals surface area contributed by atoms with Gasteiger partial charge in [-0.05, 0) is 46.6 Å². The maximum Gasteiger partial charge on any atom is 0.126 e. The third kappa shape index (κ3) is 4.60. The minimum atomic E-state index is -0.270. The van der Waals surface area contributed by atoms with Crippen molar-refractivity contribution in [3.63, 3.8) is 0 Å². The van der Waals surface area contributed by atoms with E-state index in [2.05, 4.69) is 32.3 Å². The van der Waals surface area contributed by atoms with Gasteiger partial charge in [-0.15, -0.1) is 11.3 Å². The molecule has 0 radical (unpaired) electrons. The van der Waals surface area contributed by atoms with E-state index in [1.807, 2.05) is 7.05 Å². The molecule has 0 atom stereocenters. The topological polar surface area (TPSA) is 12.5 Å². The van der Waals surface area contributed by atoms with Crippen molar-refractivity contribution in [1.29, 1.82) is 0 Å². The number of halogens is 2. The van der Waals surface area contributed by atoms with Crippen LogP contribution in [0.5, 0.6) is 5.75 Å². The summed E-state index contributed by atoms with van der Waals surface area (Å²) in [5.41, 5.74) is 0. The Hall–Kier alpha value is -0.910. The van der Waals surface area contributed by atoms with Gasteiger partial charge in [-0.25, -0.2) is 4.39 Å². The SMILES string of the molecule is CN(CCOc1cccc(F)c1)Cc1sccc1Br. The number of thiophene rings is 1. The number of benzene rings is 1. The summed E-state index contributed by atoms with van der Waals surface area (Å²) in [6.45, 7) is 2.22. The lowest BCUT2D eigenvalue weighted by Gasteiger charge is -2.16. The third-order valence-electron chi connectivity index (χ3n) is 2.64. The highest BCUT2D eigenvalue weighted by Crippen LogP contribution is 2.23. The highest BCUT2D eigenvalue weighted by Gasteiger charge is 2.05. The summed E-state index contributed by atoms with van der Waals surface area (Å²) >= 11 is 5.25. The molecule has 102 valence electrons. The van der Waals surface area contributed by atoms with Gasteiger partial charge in [0.2, 0.25) is 0 Å². The van der Waals surface area contributed by atoms with E-state index in [1.54, 1.807) is 23.5 Å². The van der Waals surface area contributed by atoms with Crippen LogP contribution in [0, 0.1) is 5.82 Å². The van der Waals surface area contributed by atoms with Crippen LogP contribution in [-0.4, -0.2) is 25.1 Å². The Kier molecular flexibility index (Phi) is 5.36. The molecular weight excluding hydrogens is 329 g/mol. The van der Waals surface area contributed by atoms with Crippen LogP contribution in [0.25, 0.3) is 0 Å². The molecule has 0 unspecified atom stereocenters. The quantitative estimate of drug-likeness (QED) is 0.780. The zero-order valence-electron chi connectivity index (χ0n) is 10.6. The van der Waals surface area contributed by atoms with E-state index in [0.717, 1.165) is 17.6 Å². The largest absolute Gasteiger partial charge is 0.492 e. The van der Waals surface area contributed by atoms with E-state index in [1.165, 1.54) is 17.0 Å². The summed E-state index contributed by atoms with van der Waals surface area (Å²) in [6, 6.07) is 8.27. The summed E-state index contributed by atoms with van der Waals surface area (Å²) < 4.78 is 19.6. The molecule has 2 nitrogen and oxygen atoms in total. The van der Waals surface area contributed by atoms with Gasteiger partial charge < -0.3 is 4.74 Å². The Labute approximate surface area is 124 Å². The third-order valence-corrected chi connectivity index (χ3v) is 4.55. The van der Waals surface area contributed by atoms with Gasteiger partial charge in [0.25, 0.3) is 0 Å². The molecule has 0 saturated carbocycles. The van der Waals surface area contributed by atoms with Gasteiger partial charge in [0.15, 0.2) is 0 Å². The molecule has 19 heavy (non-hydrogen) atoms. The Balaban J connectivity index is 1.75. The minimum Gasteiger partial charge on any atom is -0.492 e. The molecule has 0 bridgehead atoms. The monoisotopic (exact) mass is 343 g/mol. The van der Waals surface area contributed by atoms with Crippen LogP contribution in [0.3, 0.4) is 0 Å². The lowest BCUT2D eigenvalue weighted by Crippen LogP contribution is -2.23. The van der Waals surface area contributed by atoms with Gasteiger partial charge in [-0.1, -0.05) is 6.07 Å². The lowest BCUT2D eigenvalue weighted by molar-refractivity contribution is 0.233. The van der Waals surface area contributed by atoms with Crippen molar-refractivity contribution in [3.05, 3.63) is 50.9 Å². The molecule has 0 aliphatic rings. The van der Waals surface area contributed by atoms with Crippen LogP contribution in [-0.2, 0) is 6.54 Å². The van der Waals surface area contributed by atoms with Crippen molar-refractivity contribution >= 4 is 27.3 Å². The number of hydrogen-bond acceptors (Lipinski definition) is 3. The van der Waals surface area contributed by atoms with Gasteiger partial charge in [0.05, 0.1) is 0 Å². The van der Waals surface area contributed by atoms with Crippen molar-refractivity contribution in [2.75, 3.05) is 20.2 Å². The fourth-order valence-electron chi connectivity index (χ4n) is 1.64. The molecule has 0 amide bonds. The predicted octanol–water partition coefficient (Wildman–Crippen LogP) is 4.16. The van der Waals surface area contributed by atoms with Gasteiger partial charge in [0, 0.05) is 28.5 Å². The average molecular weight is 344 g/mol. The molecule has 1 aromatic carbocycles. The number of likely N-dealkylation sites (N-methyl/N-ethyl adjacent to an activating group) is 1. The molecule has 0 fully saturated rings. The van der Waals surface area contributed by atoms with E-state index < -0.39 is 0 Å². The van der Waals surface area contributed by atoms with E-state index in [0.29, 0.717) is 12.4 Å². The van der Waals surface area contributed by atoms with Crippen molar-refractivity contribution in [2.45, 2.75) is 6.54 Å². The Bertz CT molecular complexity index is 532. The molecule has 1 aromatic heterocycles. The summed E-state index contributed by atoms with van der Waals surface area (Å²) in [4.78, 5) is 3.48. The first-order valence-electron chi connectivity index (χ1n) is 5.94. The zero-order chi connectivity index (χ0) is 13.7. The average Bonchev–Trinajstić information content (AvgIpc) is 2.75. The van der Waals surface area contributed by atoms with Crippen LogP contribution in [0.4, 0.5) is 4.39 Å². The Morgan fingerprint density at radius 3 is 2.89 bits per heavy atom. The fourth-order valence-corrected chi connectivity index (χ4v) is 3.20. The zero-order valence-corrected chi connectivity index (χ0v) is 13.0. The fraction of sp³-hybridized carbons (Fsp3) is 0.286. The molecule has 5 heteroatoms.